The minimum absolute atomic E-state index is 0.123. The molecule has 0 N–H and O–H groups in total. The summed E-state index contributed by atoms with van der Waals surface area (Å²) >= 11 is 0. The summed E-state index contributed by atoms with van der Waals surface area (Å²) in [5, 5.41) is 0. The molecule has 6 heteroatoms. The van der Waals surface area contributed by atoms with Crippen molar-refractivity contribution in [1.29, 1.82) is 0 Å². The number of ether oxygens (including phenoxy) is 4. The molecule has 0 aromatic heterocycles. The zero-order valence-corrected chi connectivity index (χ0v) is 16.8. The summed E-state index contributed by atoms with van der Waals surface area (Å²) in [7, 11) is 0. The molecule has 0 bridgehead atoms. The number of hydrogen-bond donors (Lipinski definition) is 0. The predicted molar refractivity (Wildman–Crippen MR) is 98.6 cm³/mol. The maximum absolute atomic E-state index is 12.5. The normalized spacial score (nSPS) is 21.4. The van der Waals surface area contributed by atoms with E-state index in [9.17, 15) is 9.59 Å². The van der Waals surface area contributed by atoms with Crippen LogP contribution in [0.4, 0.5) is 0 Å². The molecule has 1 saturated heterocycles. The van der Waals surface area contributed by atoms with Crippen LogP contribution in [0.1, 0.15) is 79.1 Å². The lowest BCUT2D eigenvalue weighted by Gasteiger charge is -2.33. The summed E-state index contributed by atoms with van der Waals surface area (Å²) < 4.78 is 22.2. The topological polar surface area (TPSA) is 71.1 Å². The highest BCUT2D eigenvalue weighted by Crippen LogP contribution is 2.26. The molecule has 0 aromatic rings. The summed E-state index contributed by atoms with van der Waals surface area (Å²) in [5.41, 5.74) is 0. The molecule has 1 rings (SSSR count). The summed E-state index contributed by atoms with van der Waals surface area (Å²) in [6, 6.07) is 0. The van der Waals surface area contributed by atoms with Gasteiger partial charge in [-0.2, -0.15) is 0 Å². The highest BCUT2D eigenvalue weighted by Gasteiger charge is 2.40. The Labute approximate surface area is 157 Å². The second-order valence-electron chi connectivity index (χ2n) is 6.81. The van der Waals surface area contributed by atoms with Crippen molar-refractivity contribution in [3.63, 3.8) is 0 Å². The fourth-order valence-corrected chi connectivity index (χ4v) is 3.21. The third kappa shape index (κ3) is 8.04. The van der Waals surface area contributed by atoms with Gasteiger partial charge in [-0.05, 0) is 46.5 Å². The monoisotopic (exact) mass is 372 g/mol. The van der Waals surface area contributed by atoms with Crippen LogP contribution in [0.2, 0.25) is 0 Å². The third-order valence-electron chi connectivity index (χ3n) is 4.56. The summed E-state index contributed by atoms with van der Waals surface area (Å²) in [5.74, 6) is -2.21. The van der Waals surface area contributed by atoms with Gasteiger partial charge in [0.2, 0.25) is 0 Å². The molecule has 0 radical (unpaired) electrons. The van der Waals surface area contributed by atoms with Crippen LogP contribution >= 0.6 is 0 Å². The summed E-state index contributed by atoms with van der Waals surface area (Å²) in [6.45, 7) is 8.04. The smallest absolute Gasteiger partial charge is 0.323 e. The SMILES string of the molecule is CCCCCC[C@@H](OC1CCC[C@H](C)O1)C(C(=O)OCC)C(=O)OCC. The fraction of sp³-hybridized carbons (Fsp3) is 0.900. The molecular formula is C20H36O6. The van der Waals surface area contributed by atoms with E-state index in [2.05, 4.69) is 6.92 Å². The molecule has 1 fully saturated rings. The second kappa shape index (κ2) is 13.1. The van der Waals surface area contributed by atoms with E-state index in [1.807, 2.05) is 6.92 Å². The van der Waals surface area contributed by atoms with E-state index in [-0.39, 0.29) is 25.6 Å². The Kier molecular flexibility index (Phi) is 11.5. The van der Waals surface area contributed by atoms with Crippen LogP contribution < -0.4 is 0 Å². The number of carbonyl (C=O) groups excluding carboxylic acids is 2. The maximum atomic E-state index is 12.5. The number of carbonyl (C=O) groups is 2. The third-order valence-corrected chi connectivity index (χ3v) is 4.56. The van der Waals surface area contributed by atoms with Gasteiger partial charge in [0.15, 0.2) is 12.2 Å². The van der Waals surface area contributed by atoms with Crippen molar-refractivity contribution >= 4 is 11.9 Å². The number of rotatable bonds is 12. The Hall–Kier alpha value is -1.14. The van der Waals surface area contributed by atoms with Crippen molar-refractivity contribution in [1.82, 2.24) is 0 Å². The molecule has 152 valence electrons. The van der Waals surface area contributed by atoms with E-state index in [0.717, 1.165) is 44.9 Å². The van der Waals surface area contributed by atoms with Gasteiger partial charge in [0, 0.05) is 0 Å². The first-order valence-corrected chi connectivity index (χ1v) is 10.2. The first-order valence-electron chi connectivity index (χ1n) is 10.2. The van der Waals surface area contributed by atoms with E-state index in [1.54, 1.807) is 13.8 Å². The predicted octanol–water partition coefficient (Wildman–Crippen LogP) is 4.00. The molecule has 1 heterocycles. The van der Waals surface area contributed by atoms with Crippen LogP contribution in [0.15, 0.2) is 0 Å². The van der Waals surface area contributed by atoms with E-state index >= 15 is 0 Å². The van der Waals surface area contributed by atoms with Crippen molar-refractivity contribution in [2.45, 2.75) is 97.6 Å². The number of unbranched alkanes of at least 4 members (excludes halogenated alkanes) is 3. The van der Waals surface area contributed by atoms with Crippen LogP contribution in [0.25, 0.3) is 0 Å². The summed E-state index contributed by atoms with van der Waals surface area (Å²) in [4.78, 5) is 24.9. The second-order valence-corrected chi connectivity index (χ2v) is 6.81. The molecule has 1 unspecified atom stereocenters. The first-order chi connectivity index (χ1) is 12.5. The van der Waals surface area contributed by atoms with Crippen molar-refractivity contribution in [3.05, 3.63) is 0 Å². The molecule has 0 aromatic carbocycles. The van der Waals surface area contributed by atoms with Gasteiger partial charge in [-0.25, -0.2) is 0 Å². The van der Waals surface area contributed by atoms with Gasteiger partial charge in [-0.1, -0.05) is 32.6 Å². The molecule has 0 spiro atoms. The molecule has 3 atom stereocenters. The van der Waals surface area contributed by atoms with Crippen LogP contribution in [0.5, 0.6) is 0 Å². The Morgan fingerprint density at radius 3 is 2.19 bits per heavy atom. The highest BCUT2D eigenvalue weighted by molar-refractivity contribution is 5.95. The molecule has 1 aliphatic heterocycles. The van der Waals surface area contributed by atoms with Gasteiger partial charge < -0.3 is 18.9 Å². The molecule has 26 heavy (non-hydrogen) atoms. The Morgan fingerprint density at radius 2 is 1.65 bits per heavy atom. The van der Waals surface area contributed by atoms with Gasteiger partial charge in [0.25, 0.3) is 0 Å². The van der Waals surface area contributed by atoms with Gasteiger partial charge in [-0.15, -0.1) is 0 Å². The minimum Gasteiger partial charge on any atom is -0.465 e. The molecule has 6 nitrogen and oxygen atoms in total. The van der Waals surface area contributed by atoms with Gasteiger partial charge in [0.1, 0.15) is 0 Å². The van der Waals surface area contributed by atoms with Gasteiger partial charge >= 0.3 is 11.9 Å². The van der Waals surface area contributed by atoms with E-state index in [0.29, 0.717) is 6.42 Å². The lowest BCUT2D eigenvalue weighted by atomic mass is 9.96. The molecule has 0 saturated carbocycles. The average molecular weight is 373 g/mol. The van der Waals surface area contributed by atoms with Gasteiger partial charge in [-0.3, -0.25) is 9.59 Å². The molecule has 0 aliphatic carbocycles. The Bertz CT molecular complexity index is 393. The van der Waals surface area contributed by atoms with Crippen molar-refractivity contribution < 1.29 is 28.5 Å². The highest BCUT2D eigenvalue weighted by atomic mass is 16.7. The maximum Gasteiger partial charge on any atom is 0.323 e. The van der Waals surface area contributed by atoms with E-state index < -0.39 is 24.0 Å². The standard InChI is InChI=1S/C20H36O6/c1-5-8-9-10-13-16(26-17-14-11-12-15(4)25-17)18(19(21)23-6-2)20(22)24-7-3/h15-18H,5-14H2,1-4H3/t15-,16+,17?/m0/s1. The number of esters is 2. The lowest BCUT2D eigenvalue weighted by Crippen LogP contribution is -2.42. The molecular weight excluding hydrogens is 336 g/mol. The summed E-state index contributed by atoms with van der Waals surface area (Å²) in [6.07, 6.45) is 6.70. The van der Waals surface area contributed by atoms with E-state index in [1.165, 1.54) is 0 Å². The quantitative estimate of drug-likeness (QED) is 0.293. The number of hydrogen-bond acceptors (Lipinski definition) is 6. The van der Waals surface area contributed by atoms with Gasteiger partial charge in [0.05, 0.1) is 25.4 Å². The van der Waals surface area contributed by atoms with Crippen molar-refractivity contribution in [3.8, 4) is 0 Å². The fourth-order valence-electron chi connectivity index (χ4n) is 3.21. The zero-order valence-electron chi connectivity index (χ0n) is 16.8. The zero-order chi connectivity index (χ0) is 19.4. The van der Waals surface area contributed by atoms with Crippen LogP contribution in [-0.2, 0) is 28.5 Å². The van der Waals surface area contributed by atoms with Crippen molar-refractivity contribution in [2.75, 3.05) is 13.2 Å². The average Bonchev–Trinajstić information content (AvgIpc) is 2.59. The van der Waals surface area contributed by atoms with Crippen LogP contribution in [0, 0.1) is 5.92 Å². The van der Waals surface area contributed by atoms with Crippen molar-refractivity contribution in [2.24, 2.45) is 5.92 Å². The van der Waals surface area contributed by atoms with Crippen LogP contribution in [-0.4, -0.2) is 43.7 Å². The van der Waals surface area contributed by atoms with Crippen LogP contribution in [0.3, 0.4) is 0 Å². The van der Waals surface area contributed by atoms with E-state index in [4.69, 9.17) is 18.9 Å². The Morgan fingerprint density at radius 1 is 1.00 bits per heavy atom. The largest absolute Gasteiger partial charge is 0.465 e. The minimum atomic E-state index is -1.06. The lowest BCUT2D eigenvalue weighted by molar-refractivity contribution is -0.225. The Balaban J connectivity index is 2.86. The molecule has 1 aliphatic rings. The first kappa shape index (κ1) is 22.9. The molecule has 0 amide bonds.